The van der Waals surface area contributed by atoms with Crippen LogP contribution in [-0.4, -0.2) is 21.9 Å². The van der Waals surface area contributed by atoms with Crippen molar-refractivity contribution in [3.63, 3.8) is 0 Å². The molecule has 2 nitrogen and oxygen atoms in total. The predicted molar refractivity (Wildman–Crippen MR) is 166 cm³/mol. The second kappa shape index (κ2) is 12.7. The smallest absolute Gasteiger partial charge is 0.131 e. The highest BCUT2D eigenvalue weighted by molar-refractivity contribution is 5.81. The molecule has 1 aliphatic heterocycles. The van der Waals surface area contributed by atoms with Crippen molar-refractivity contribution in [3.8, 4) is 11.1 Å². The minimum absolute atomic E-state index is 0.189. The van der Waals surface area contributed by atoms with Crippen LogP contribution in [0.5, 0.6) is 0 Å². The topological polar surface area (TPSA) is 6.48 Å². The zero-order valence-electron chi connectivity index (χ0n) is 23.5. The zero-order chi connectivity index (χ0) is 27.1. The van der Waals surface area contributed by atoms with Crippen molar-refractivity contribution in [3.05, 3.63) is 120 Å². The summed E-state index contributed by atoms with van der Waals surface area (Å²) in [7, 11) is 0. The summed E-state index contributed by atoms with van der Waals surface area (Å²) in [6, 6.07) is 25.0. The predicted octanol–water partition coefficient (Wildman–Crippen LogP) is 9.80. The fourth-order valence-electron chi connectivity index (χ4n) is 6.81. The molecule has 0 spiro atoms. The van der Waals surface area contributed by atoms with Crippen LogP contribution in [0.2, 0.25) is 0 Å². The normalized spacial score (nSPS) is 18.7. The molecule has 6 rings (SSSR count). The molecule has 2 saturated carbocycles. The Balaban J connectivity index is 1.27. The number of allylic oxidation sites excluding steroid dienone is 1. The third-order valence-corrected chi connectivity index (χ3v) is 8.98. The highest BCUT2D eigenvalue weighted by Gasteiger charge is 2.31. The van der Waals surface area contributed by atoms with Crippen LogP contribution in [0.15, 0.2) is 97.1 Å². The van der Waals surface area contributed by atoms with E-state index in [0.717, 1.165) is 17.5 Å². The molecule has 206 valence electrons. The van der Waals surface area contributed by atoms with Gasteiger partial charge in [-0.15, -0.1) is 0 Å². The van der Waals surface area contributed by atoms with E-state index in [9.17, 15) is 4.39 Å². The molecule has 0 N–H and O–H groups in total. The minimum Gasteiger partial charge on any atom is -0.330 e. The van der Waals surface area contributed by atoms with E-state index in [1.54, 1.807) is 6.07 Å². The SMILES string of the molecule is Fc1ccccc1-c1ccccc1/C=C/c1ccccc1CC=C1N(C2CCCCC2)C=CN1C1CCCCC1. The summed E-state index contributed by atoms with van der Waals surface area (Å²) < 4.78 is 14.6. The lowest BCUT2D eigenvalue weighted by Gasteiger charge is -2.38. The van der Waals surface area contributed by atoms with E-state index in [-0.39, 0.29) is 5.82 Å². The van der Waals surface area contributed by atoms with Crippen LogP contribution in [-0.2, 0) is 6.42 Å². The van der Waals surface area contributed by atoms with Crippen LogP contribution in [0, 0.1) is 5.82 Å². The molecule has 0 unspecified atom stereocenters. The van der Waals surface area contributed by atoms with Crippen molar-refractivity contribution in [2.75, 3.05) is 0 Å². The first-order valence-corrected chi connectivity index (χ1v) is 15.3. The Hall–Kier alpha value is -3.59. The third kappa shape index (κ3) is 5.94. The summed E-state index contributed by atoms with van der Waals surface area (Å²) in [6.45, 7) is 0. The summed E-state index contributed by atoms with van der Waals surface area (Å²) in [5.41, 5.74) is 5.10. The van der Waals surface area contributed by atoms with Gasteiger partial charge in [0.05, 0.1) is 0 Å². The van der Waals surface area contributed by atoms with E-state index in [2.05, 4.69) is 70.8 Å². The molecule has 2 aliphatic carbocycles. The van der Waals surface area contributed by atoms with Crippen molar-refractivity contribution >= 4 is 12.2 Å². The average molecular weight is 533 g/mol. The van der Waals surface area contributed by atoms with Crippen LogP contribution in [0.3, 0.4) is 0 Å². The minimum atomic E-state index is -0.189. The van der Waals surface area contributed by atoms with E-state index in [0.29, 0.717) is 17.6 Å². The molecular weight excluding hydrogens is 491 g/mol. The molecule has 3 aromatic carbocycles. The van der Waals surface area contributed by atoms with Crippen molar-refractivity contribution in [1.29, 1.82) is 0 Å². The largest absolute Gasteiger partial charge is 0.330 e. The highest BCUT2D eigenvalue weighted by Crippen LogP contribution is 2.35. The first-order chi connectivity index (χ1) is 19.8. The van der Waals surface area contributed by atoms with Crippen LogP contribution < -0.4 is 0 Å². The van der Waals surface area contributed by atoms with Crippen molar-refractivity contribution in [2.24, 2.45) is 0 Å². The Morgan fingerprint density at radius 1 is 0.600 bits per heavy atom. The van der Waals surface area contributed by atoms with E-state index in [1.807, 2.05) is 30.3 Å². The Bertz CT molecular complexity index is 1340. The van der Waals surface area contributed by atoms with Crippen molar-refractivity contribution in [2.45, 2.75) is 82.7 Å². The van der Waals surface area contributed by atoms with Crippen molar-refractivity contribution in [1.82, 2.24) is 9.80 Å². The van der Waals surface area contributed by atoms with Gasteiger partial charge in [0, 0.05) is 30.0 Å². The summed E-state index contributed by atoms with van der Waals surface area (Å²) in [4.78, 5) is 5.19. The Kier molecular flexibility index (Phi) is 8.47. The van der Waals surface area contributed by atoms with Gasteiger partial charge in [0.1, 0.15) is 11.6 Å². The molecular formula is C37H41FN2. The maximum absolute atomic E-state index is 14.6. The van der Waals surface area contributed by atoms with Gasteiger partial charge in [-0.3, -0.25) is 0 Å². The van der Waals surface area contributed by atoms with Gasteiger partial charge in [0.25, 0.3) is 0 Å². The molecule has 1 heterocycles. The first-order valence-electron chi connectivity index (χ1n) is 15.3. The second-order valence-electron chi connectivity index (χ2n) is 11.6. The van der Waals surface area contributed by atoms with Gasteiger partial charge in [-0.2, -0.15) is 0 Å². The lowest BCUT2D eigenvalue weighted by Crippen LogP contribution is -2.38. The van der Waals surface area contributed by atoms with Gasteiger partial charge in [-0.25, -0.2) is 4.39 Å². The Morgan fingerprint density at radius 3 is 1.77 bits per heavy atom. The highest BCUT2D eigenvalue weighted by atomic mass is 19.1. The molecule has 0 radical (unpaired) electrons. The quantitative estimate of drug-likeness (QED) is 0.279. The van der Waals surface area contributed by atoms with Gasteiger partial charge < -0.3 is 9.80 Å². The Labute approximate surface area is 239 Å². The first kappa shape index (κ1) is 26.6. The summed E-state index contributed by atoms with van der Waals surface area (Å²) >= 11 is 0. The number of hydrogen-bond donors (Lipinski definition) is 0. The third-order valence-electron chi connectivity index (χ3n) is 8.98. The molecule has 0 bridgehead atoms. The van der Waals surface area contributed by atoms with Gasteiger partial charge in [0.15, 0.2) is 0 Å². The Morgan fingerprint density at radius 2 is 1.12 bits per heavy atom. The number of hydrogen-bond acceptors (Lipinski definition) is 2. The molecule has 0 aromatic heterocycles. The van der Waals surface area contributed by atoms with Gasteiger partial charge in [-0.05, 0) is 66.5 Å². The molecule has 0 amide bonds. The number of nitrogens with zero attached hydrogens (tertiary/aromatic N) is 2. The van der Waals surface area contributed by atoms with Gasteiger partial charge in [0.2, 0.25) is 0 Å². The lowest BCUT2D eigenvalue weighted by molar-refractivity contribution is 0.192. The average Bonchev–Trinajstić information content (AvgIpc) is 3.45. The van der Waals surface area contributed by atoms with E-state index in [4.69, 9.17) is 0 Å². The fourth-order valence-corrected chi connectivity index (χ4v) is 6.81. The number of benzene rings is 3. The molecule has 2 fully saturated rings. The monoisotopic (exact) mass is 532 g/mol. The van der Waals surface area contributed by atoms with Gasteiger partial charge in [-0.1, -0.05) is 117 Å². The summed E-state index contributed by atoms with van der Waals surface area (Å²) in [6.07, 6.45) is 25.7. The molecule has 0 saturated heterocycles. The van der Waals surface area contributed by atoms with Crippen LogP contribution in [0.4, 0.5) is 4.39 Å². The number of rotatable bonds is 7. The fraction of sp³-hybridized carbons (Fsp3) is 0.351. The van der Waals surface area contributed by atoms with Crippen LogP contribution in [0.25, 0.3) is 23.3 Å². The molecule has 3 aromatic rings. The summed E-state index contributed by atoms with van der Waals surface area (Å²) in [5, 5.41) is 0. The number of halogens is 1. The van der Waals surface area contributed by atoms with Crippen LogP contribution >= 0.6 is 0 Å². The lowest BCUT2D eigenvalue weighted by atomic mass is 9.93. The zero-order valence-corrected chi connectivity index (χ0v) is 23.5. The van der Waals surface area contributed by atoms with E-state index < -0.39 is 0 Å². The van der Waals surface area contributed by atoms with Crippen molar-refractivity contribution < 1.29 is 4.39 Å². The molecule has 3 heteroatoms. The molecule has 0 atom stereocenters. The standard InChI is InChI=1S/C37H41FN2/c38-36-22-12-11-21-35(36)34-20-10-9-15-31(34)24-23-29-13-7-8-14-30(29)25-26-37-39(32-16-3-1-4-17-32)27-28-40(37)33-18-5-2-6-19-33/h7-15,20-24,26-28,32-33H,1-6,16-19,25H2/b24-23+. The van der Waals surface area contributed by atoms with Crippen LogP contribution in [0.1, 0.15) is 80.9 Å². The van der Waals surface area contributed by atoms with E-state index >= 15 is 0 Å². The maximum atomic E-state index is 14.6. The van der Waals surface area contributed by atoms with E-state index in [1.165, 1.54) is 87.2 Å². The summed E-state index contributed by atoms with van der Waals surface area (Å²) in [5.74, 6) is 1.20. The van der Waals surface area contributed by atoms with Gasteiger partial charge >= 0.3 is 0 Å². The molecule has 3 aliphatic rings. The second-order valence-corrected chi connectivity index (χ2v) is 11.6. The molecule has 40 heavy (non-hydrogen) atoms. The maximum Gasteiger partial charge on any atom is 0.131 e.